The maximum atomic E-state index is 11.9. The minimum Gasteiger partial charge on any atom is -0.448 e. The van der Waals surface area contributed by atoms with Crippen molar-refractivity contribution in [3.05, 3.63) is 5.69 Å². The second-order valence-corrected chi connectivity index (χ2v) is 5.19. The van der Waals surface area contributed by atoms with Gasteiger partial charge in [-0.1, -0.05) is 0 Å². The molecule has 10 heteroatoms. The van der Waals surface area contributed by atoms with E-state index < -0.39 is 16.1 Å². The Balaban J connectivity index is 2.78. The lowest BCUT2D eigenvalue weighted by molar-refractivity contribution is 0.159. The van der Waals surface area contributed by atoms with E-state index in [4.69, 9.17) is 11.5 Å². The van der Waals surface area contributed by atoms with Crippen molar-refractivity contribution in [3.63, 3.8) is 0 Å². The fourth-order valence-corrected chi connectivity index (χ4v) is 2.68. The van der Waals surface area contributed by atoms with Crippen molar-refractivity contribution in [2.45, 2.75) is 11.8 Å². The van der Waals surface area contributed by atoms with Crippen LogP contribution in [0.5, 0.6) is 0 Å². The first-order chi connectivity index (χ1) is 8.25. The van der Waals surface area contributed by atoms with Gasteiger partial charge >= 0.3 is 6.09 Å². The molecule has 1 rings (SSSR count). The molecular weight excluding hydrogens is 262 g/mol. The van der Waals surface area contributed by atoms with Crippen LogP contribution in [0.2, 0.25) is 0 Å². The highest BCUT2D eigenvalue weighted by atomic mass is 32.2. The molecule has 0 unspecified atom stereocenters. The number of rotatable bonds is 5. The van der Waals surface area contributed by atoms with Crippen LogP contribution < -0.4 is 16.2 Å². The van der Waals surface area contributed by atoms with Crippen LogP contribution in [0.25, 0.3) is 0 Å². The van der Waals surface area contributed by atoms with Crippen LogP contribution in [0.4, 0.5) is 10.6 Å². The van der Waals surface area contributed by atoms with Gasteiger partial charge in [-0.3, -0.25) is 4.68 Å². The third-order valence-corrected chi connectivity index (χ3v) is 3.84. The summed E-state index contributed by atoms with van der Waals surface area (Å²) < 4.78 is 31.8. The fourth-order valence-electron chi connectivity index (χ4n) is 1.35. The van der Waals surface area contributed by atoms with Crippen LogP contribution in [-0.2, 0) is 21.8 Å². The minimum atomic E-state index is -3.79. The summed E-state index contributed by atoms with van der Waals surface area (Å²) in [6, 6.07) is 0. The molecule has 1 aromatic heterocycles. The Morgan fingerprint density at radius 1 is 1.56 bits per heavy atom. The van der Waals surface area contributed by atoms with E-state index in [0.717, 1.165) is 0 Å². The number of nitrogens with two attached hydrogens (primary N) is 2. The Kier molecular flexibility index (Phi) is 4.14. The van der Waals surface area contributed by atoms with Gasteiger partial charge in [0.2, 0.25) is 10.0 Å². The van der Waals surface area contributed by atoms with Gasteiger partial charge < -0.3 is 16.2 Å². The van der Waals surface area contributed by atoms with Gasteiger partial charge in [0.1, 0.15) is 11.5 Å². The molecule has 0 fully saturated rings. The van der Waals surface area contributed by atoms with E-state index in [0.29, 0.717) is 5.69 Å². The van der Waals surface area contributed by atoms with E-state index in [1.54, 1.807) is 14.0 Å². The number of primary amides is 1. The molecule has 1 amide bonds. The molecular formula is C8H15N5O4S. The maximum Gasteiger partial charge on any atom is 0.404 e. The first kappa shape index (κ1) is 14.3. The van der Waals surface area contributed by atoms with Crippen molar-refractivity contribution in [3.8, 4) is 0 Å². The van der Waals surface area contributed by atoms with Gasteiger partial charge in [-0.25, -0.2) is 17.9 Å². The molecule has 1 aromatic rings. The van der Waals surface area contributed by atoms with Crippen LogP contribution in [0.3, 0.4) is 0 Å². The zero-order chi connectivity index (χ0) is 13.9. The largest absolute Gasteiger partial charge is 0.448 e. The van der Waals surface area contributed by atoms with Gasteiger partial charge in [0.15, 0.2) is 5.82 Å². The average Bonchev–Trinajstić information content (AvgIpc) is 2.48. The third kappa shape index (κ3) is 3.11. The van der Waals surface area contributed by atoms with Crippen LogP contribution >= 0.6 is 0 Å². The number of ether oxygens (including phenoxy) is 1. The van der Waals surface area contributed by atoms with Gasteiger partial charge in [0.25, 0.3) is 0 Å². The summed E-state index contributed by atoms with van der Waals surface area (Å²) in [5, 5.41) is 3.80. The SMILES string of the molecule is Cc1c(S(=O)(=O)NCCOC(N)=O)c(N)nn1C. The Hall–Kier alpha value is -1.81. The predicted molar refractivity (Wildman–Crippen MR) is 63.1 cm³/mol. The molecule has 0 saturated heterocycles. The van der Waals surface area contributed by atoms with Gasteiger partial charge in [-0.15, -0.1) is 0 Å². The number of hydrogen-bond acceptors (Lipinski definition) is 6. The van der Waals surface area contributed by atoms with E-state index in [1.807, 2.05) is 0 Å². The van der Waals surface area contributed by atoms with Crippen molar-refractivity contribution in [1.82, 2.24) is 14.5 Å². The summed E-state index contributed by atoms with van der Waals surface area (Å²) >= 11 is 0. The van der Waals surface area contributed by atoms with Crippen molar-refractivity contribution >= 4 is 21.9 Å². The first-order valence-electron chi connectivity index (χ1n) is 4.96. The zero-order valence-corrected chi connectivity index (χ0v) is 10.8. The number of amides is 1. The third-order valence-electron chi connectivity index (χ3n) is 2.21. The Bertz CT molecular complexity index is 550. The summed E-state index contributed by atoms with van der Waals surface area (Å²) in [5.41, 5.74) is 10.7. The van der Waals surface area contributed by atoms with E-state index in [2.05, 4.69) is 14.6 Å². The number of carbonyl (C=O) groups is 1. The second-order valence-electron chi connectivity index (χ2n) is 3.49. The van der Waals surface area contributed by atoms with E-state index in [1.165, 1.54) is 4.68 Å². The molecule has 0 spiro atoms. The lowest BCUT2D eigenvalue weighted by Gasteiger charge is -2.06. The Morgan fingerprint density at radius 2 is 2.17 bits per heavy atom. The van der Waals surface area contributed by atoms with Gasteiger partial charge in [0.05, 0.1) is 5.69 Å². The summed E-state index contributed by atoms with van der Waals surface area (Å²) in [6.07, 6.45) is -0.966. The number of carbonyl (C=O) groups excluding carboxylic acids is 1. The average molecular weight is 277 g/mol. The molecule has 0 radical (unpaired) electrons. The molecule has 18 heavy (non-hydrogen) atoms. The molecule has 1 heterocycles. The molecule has 0 aliphatic heterocycles. The number of anilines is 1. The summed E-state index contributed by atoms with van der Waals surface area (Å²) in [4.78, 5) is 10.2. The fraction of sp³-hybridized carbons (Fsp3) is 0.500. The molecule has 0 saturated carbocycles. The lowest BCUT2D eigenvalue weighted by atomic mass is 10.5. The van der Waals surface area contributed by atoms with Gasteiger partial charge in [0, 0.05) is 13.6 Å². The summed E-state index contributed by atoms with van der Waals surface area (Å²) in [6.45, 7) is 1.32. The number of nitrogens with one attached hydrogen (secondary N) is 1. The summed E-state index contributed by atoms with van der Waals surface area (Å²) in [7, 11) is -2.20. The molecule has 9 nitrogen and oxygen atoms in total. The van der Waals surface area contributed by atoms with E-state index in [9.17, 15) is 13.2 Å². The second kappa shape index (κ2) is 5.23. The number of sulfonamides is 1. The number of aryl methyl sites for hydroxylation is 1. The Morgan fingerprint density at radius 3 is 2.61 bits per heavy atom. The quantitative estimate of drug-likeness (QED) is 0.570. The maximum absolute atomic E-state index is 11.9. The monoisotopic (exact) mass is 277 g/mol. The molecule has 102 valence electrons. The van der Waals surface area contributed by atoms with Crippen LogP contribution in [-0.4, -0.2) is 37.4 Å². The van der Waals surface area contributed by atoms with Gasteiger partial charge in [-0.2, -0.15) is 5.10 Å². The standard InChI is InChI=1S/C8H15N5O4S/c1-5-6(7(9)12-13(5)2)18(15,16)11-3-4-17-8(10)14/h11H,3-4H2,1-2H3,(H2,9,12)(H2,10,14). The van der Waals surface area contributed by atoms with Crippen LogP contribution in [0.15, 0.2) is 4.90 Å². The van der Waals surface area contributed by atoms with Gasteiger partial charge in [-0.05, 0) is 6.92 Å². The van der Waals surface area contributed by atoms with Crippen LogP contribution in [0, 0.1) is 6.92 Å². The number of nitrogen functional groups attached to an aromatic ring is 1. The van der Waals surface area contributed by atoms with E-state index >= 15 is 0 Å². The molecule has 0 aliphatic rings. The first-order valence-corrected chi connectivity index (χ1v) is 6.45. The number of nitrogens with zero attached hydrogens (tertiary/aromatic N) is 2. The number of aromatic nitrogens is 2. The molecule has 5 N–H and O–H groups in total. The minimum absolute atomic E-state index is 0.0796. The lowest BCUT2D eigenvalue weighted by Crippen LogP contribution is -2.29. The van der Waals surface area contributed by atoms with Crippen LogP contribution in [0.1, 0.15) is 5.69 Å². The topological polar surface area (TPSA) is 142 Å². The molecule has 0 bridgehead atoms. The highest BCUT2D eigenvalue weighted by Gasteiger charge is 2.24. The highest BCUT2D eigenvalue weighted by molar-refractivity contribution is 7.89. The molecule has 0 atom stereocenters. The molecule has 0 aliphatic carbocycles. The normalized spacial score (nSPS) is 11.4. The summed E-state index contributed by atoms with van der Waals surface area (Å²) in [5.74, 6) is -0.0849. The zero-order valence-electron chi connectivity index (χ0n) is 10.0. The van der Waals surface area contributed by atoms with Crippen molar-refractivity contribution in [2.24, 2.45) is 12.8 Å². The Labute approximate surface area is 104 Å². The van der Waals surface area contributed by atoms with E-state index in [-0.39, 0.29) is 23.9 Å². The molecule has 0 aromatic carbocycles. The van der Waals surface area contributed by atoms with Crippen molar-refractivity contribution < 1.29 is 17.9 Å². The number of hydrogen-bond donors (Lipinski definition) is 3. The van der Waals surface area contributed by atoms with Crippen molar-refractivity contribution in [1.29, 1.82) is 0 Å². The smallest absolute Gasteiger partial charge is 0.404 e. The van der Waals surface area contributed by atoms with Crippen molar-refractivity contribution in [2.75, 3.05) is 18.9 Å². The predicted octanol–water partition coefficient (Wildman–Crippen LogP) is -1.32. The highest BCUT2D eigenvalue weighted by Crippen LogP contribution is 2.20.